The zero-order valence-electron chi connectivity index (χ0n) is 15.5. The Morgan fingerprint density at radius 1 is 1.14 bits per heavy atom. The van der Waals surface area contributed by atoms with E-state index in [-0.39, 0.29) is 27.1 Å². The molecule has 146 valence electrons. The molecule has 0 fully saturated rings. The molecule has 0 radical (unpaired) electrons. The predicted molar refractivity (Wildman–Crippen MR) is 108 cm³/mol. The van der Waals surface area contributed by atoms with Crippen LogP contribution in [0.15, 0.2) is 24.3 Å². The normalized spacial score (nSPS) is 10.1. The van der Waals surface area contributed by atoms with Gasteiger partial charge in [-0.3, -0.25) is 4.79 Å². The van der Waals surface area contributed by atoms with Crippen LogP contribution >= 0.6 is 23.1 Å². The summed E-state index contributed by atoms with van der Waals surface area (Å²) in [5.41, 5.74) is 2.13. The molecule has 1 heterocycles. The summed E-state index contributed by atoms with van der Waals surface area (Å²) in [7, 11) is 2.48. The highest BCUT2D eigenvalue weighted by molar-refractivity contribution is 7.99. The van der Waals surface area contributed by atoms with Crippen LogP contribution in [0.2, 0.25) is 0 Å². The Morgan fingerprint density at radius 2 is 1.79 bits per heavy atom. The fraction of sp³-hybridized carbons (Fsp3) is 0.263. The van der Waals surface area contributed by atoms with E-state index in [2.05, 4.69) is 11.4 Å². The third kappa shape index (κ3) is 5.12. The number of thiophene rings is 1. The van der Waals surface area contributed by atoms with Crippen LogP contribution in [0.5, 0.6) is 0 Å². The zero-order valence-corrected chi connectivity index (χ0v) is 17.2. The van der Waals surface area contributed by atoms with Crippen molar-refractivity contribution in [3.8, 4) is 6.07 Å². The van der Waals surface area contributed by atoms with Gasteiger partial charge in [0, 0.05) is 5.75 Å². The number of benzene rings is 1. The Kier molecular flexibility index (Phi) is 7.61. The van der Waals surface area contributed by atoms with E-state index < -0.39 is 11.9 Å². The number of methoxy groups -OCH3 is 2. The van der Waals surface area contributed by atoms with Gasteiger partial charge in [-0.1, -0.05) is 12.1 Å². The van der Waals surface area contributed by atoms with E-state index in [1.165, 1.54) is 26.0 Å². The molecule has 1 aromatic carbocycles. The highest BCUT2D eigenvalue weighted by Crippen LogP contribution is 2.34. The average molecular weight is 418 g/mol. The van der Waals surface area contributed by atoms with E-state index >= 15 is 0 Å². The van der Waals surface area contributed by atoms with Crippen molar-refractivity contribution in [3.05, 3.63) is 51.4 Å². The van der Waals surface area contributed by atoms with E-state index in [9.17, 15) is 14.4 Å². The lowest BCUT2D eigenvalue weighted by Gasteiger charge is -2.06. The van der Waals surface area contributed by atoms with Crippen molar-refractivity contribution in [2.24, 2.45) is 0 Å². The number of rotatable bonds is 7. The summed E-state index contributed by atoms with van der Waals surface area (Å²) < 4.78 is 9.48. The Bertz CT molecular complexity index is 929. The molecule has 0 saturated heterocycles. The molecule has 7 nitrogen and oxygen atoms in total. The maximum Gasteiger partial charge on any atom is 0.348 e. The third-order valence-electron chi connectivity index (χ3n) is 3.74. The quantitative estimate of drug-likeness (QED) is 0.687. The van der Waals surface area contributed by atoms with Gasteiger partial charge in [0.2, 0.25) is 5.91 Å². The molecule has 0 unspecified atom stereocenters. The van der Waals surface area contributed by atoms with Gasteiger partial charge in [-0.15, -0.1) is 23.1 Å². The number of nitriles is 1. The average Bonchev–Trinajstić information content (AvgIpc) is 3.03. The lowest BCUT2D eigenvalue weighted by molar-refractivity contribution is -0.113. The number of carbonyl (C=O) groups is 3. The van der Waals surface area contributed by atoms with Crippen LogP contribution in [0.4, 0.5) is 5.00 Å². The molecule has 9 heteroatoms. The second-order valence-electron chi connectivity index (χ2n) is 5.59. The summed E-state index contributed by atoms with van der Waals surface area (Å²) in [6, 6.07) is 9.18. The Balaban J connectivity index is 2.04. The van der Waals surface area contributed by atoms with Crippen molar-refractivity contribution in [2.45, 2.75) is 12.7 Å². The molecule has 0 aliphatic heterocycles. The van der Waals surface area contributed by atoms with Gasteiger partial charge in [-0.05, 0) is 30.2 Å². The predicted octanol–water partition coefficient (Wildman–Crippen LogP) is 3.37. The van der Waals surface area contributed by atoms with Gasteiger partial charge in [0.05, 0.1) is 37.2 Å². The molecule has 2 rings (SSSR count). The lowest BCUT2D eigenvalue weighted by Crippen LogP contribution is -2.16. The number of esters is 2. The van der Waals surface area contributed by atoms with Gasteiger partial charge >= 0.3 is 11.9 Å². The smallest absolute Gasteiger partial charge is 0.348 e. The van der Waals surface area contributed by atoms with E-state index in [1.807, 2.05) is 12.1 Å². The molecule has 1 amide bonds. The summed E-state index contributed by atoms with van der Waals surface area (Å²) in [5, 5.41) is 11.7. The third-order valence-corrected chi connectivity index (χ3v) is 5.94. The van der Waals surface area contributed by atoms with Crippen molar-refractivity contribution >= 4 is 45.9 Å². The first-order valence-electron chi connectivity index (χ1n) is 8.07. The van der Waals surface area contributed by atoms with Crippen molar-refractivity contribution < 1.29 is 23.9 Å². The largest absolute Gasteiger partial charge is 0.465 e. The van der Waals surface area contributed by atoms with Crippen LogP contribution in [-0.4, -0.2) is 37.8 Å². The molecule has 0 saturated carbocycles. The molecular formula is C19H18N2O5S2. The van der Waals surface area contributed by atoms with E-state index in [4.69, 9.17) is 14.7 Å². The maximum atomic E-state index is 12.3. The number of amides is 1. The van der Waals surface area contributed by atoms with E-state index in [0.29, 0.717) is 16.9 Å². The number of hydrogen-bond donors (Lipinski definition) is 1. The Labute approximate surface area is 170 Å². The number of hydrogen-bond acceptors (Lipinski definition) is 8. The van der Waals surface area contributed by atoms with Crippen LogP contribution in [0.1, 0.15) is 36.7 Å². The Hall–Kier alpha value is -2.83. The molecule has 0 atom stereocenters. The highest BCUT2D eigenvalue weighted by atomic mass is 32.2. The number of anilines is 1. The number of carbonyl (C=O) groups excluding carboxylic acids is 3. The Morgan fingerprint density at radius 3 is 2.36 bits per heavy atom. The van der Waals surface area contributed by atoms with Crippen LogP contribution in [0.3, 0.4) is 0 Å². The van der Waals surface area contributed by atoms with Crippen molar-refractivity contribution in [1.82, 2.24) is 0 Å². The first-order valence-corrected chi connectivity index (χ1v) is 10.0. The zero-order chi connectivity index (χ0) is 20.7. The van der Waals surface area contributed by atoms with E-state index in [1.54, 1.807) is 19.1 Å². The second-order valence-corrected chi connectivity index (χ2v) is 7.60. The molecule has 28 heavy (non-hydrogen) atoms. The summed E-state index contributed by atoms with van der Waals surface area (Å²) >= 11 is 2.37. The van der Waals surface area contributed by atoms with Crippen LogP contribution in [0.25, 0.3) is 0 Å². The molecule has 1 aromatic heterocycles. The number of nitrogens with zero attached hydrogens (tertiary/aromatic N) is 1. The fourth-order valence-corrected chi connectivity index (χ4v) is 4.25. The topological polar surface area (TPSA) is 105 Å². The molecule has 2 aromatic rings. The lowest BCUT2D eigenvalue weighted by atomic mass is 10.1. The van der Waals surface area contributed by atoms with Crippen molar-refractivity contribution in [2.75, 3.05) is 25.3 Å². The first kappa shape index (κ1) is 21.5. The standard InChI is InChI=1S/C19H18N2O5S2/c1-11-15(18(23)25-2)17(28-16(11)19(24)26-3)21-14(22)10-27-9-13-6-4-12(8-20)5-7-13/h4-7H,9-10H2,1-3H3,(H,21,22). The van der Waals surface area contributed by atoms with Gasteiger partial charge in [-0.25, -0.2) is 9.59 Å². The summed E-state index contributed by atoms with van der Waals surface area (Å²) in [6.07, 6.45) is 0. The minimum absolute atomic E-state index is 0.151. The highest BCUT2D eigenvalue weighted by Gasteiger charge is 2.26. The van der Waals surface area contributed by atoms with Crippen LogP contribution in [0, 0.1) is 18.3 Å². The number of nitrogens with one attached hydrogen (secondary N) is 1. The number of thioether (sulfide) groups is 1. The monoisotopic (exact) mass is 418 g/mol. The molecule has 0 bridgehead atoms. The van der Waals surface area contributed by atoms with Crippen molar-refractivity contribution in [3.63, 3.8) is 0 Å². The van der Waals surface area contributed by atoms with Gasteiger partial charge in [0.25, 0.3) is 0 Å². The van der Waals surface area contributed by atoms with Gasteiger partial charge in [-0.2, -0.15) is 5.26 Å². The van der Waals surface area contributed by atoms with E-state index in [0.717, 1.165) is 16.9 Å². The molecule has 0 aliphatic carbocycles. The maximum absolute atomic E-state index is 12.3. The van der Waals surface area contributed by atoms with Crippen LogP contribution in [-0.2, 0) is 20.0 Å². The summed E-state index contributed by atoms with van der Waals surface area (Å²) in [5.74, 6) is -0.764. The van der Waals surface area contributed by atoms with Gasteiger partial charge < -0.3 is 14.8 Å². The molecule has 1 N–H and O–H groups in total. The van der Waals surface area contributed by atoms with Crippen molar-refractivity contribution in [1.29, 1.82) is 5.26 Å². The molecule has 0 spiro atoms. The van der Waals surface area contributed by atoms with Gasteiger partial charge in [0.15, 0.2) is 0 Å². The molecular weight excluding hydrogens is 400 g/mol. The summed E-state index contributed by atoms with van der Waals surface area (Å²) in [4.78, 5) is 36.5. The SMILES string of the molecule is COC(=O)c1sc(NC(=O)CSCc2ccc(C#N)cc2)c(C(=O)OC)c1C. The van der Waals surface area contributed by atoms with Crippen LogP contribution < -0.4 is 5.32 Å². The second kappa shape index (κ2) is 9.92. The minimum Gasteiger partial charge on any atom is -0.465 e. The summed E-state index contributed by atoms with van der Waals surface area (Å²) in [6.45, 7) is 1.60. The fourth-order valence-electron chi connectivity index (χ4n) is 2.34. The number of ether oxygens (including phenoxy) is 2. The minimum atomic E-state index is -0.635. The first-order chi connectivity index (χ1) is 13.4. The van der Waals surface area contributed by atoms with Gasteiger partial charge in [0.1, 0.15) is 9.88 Å². The molecule has 0 aliphatic rings.